The quantitative estimate of drug-likeness (QED) is 0.543. The molecule has 0 aromatic heterocycles. The van der Waals surface area contributed by atoms with Crippen LogP contribution >= 0.6 is 0 Å². The summed E-state index contributed by atoms with van der Waals surface area (Å²) in [7, 11) is 0. The van der Waals surface area contributed by atoms with E-state index in [1.54, 1.807) is 0 Å². The smallest absolute Gasteiger partial charge is 0.201 e. The Balaban J connectivity index is 3.53. The zero-order valence-corrected chi connectivity index (χ0v) is 6.57. The molecule has 0 amide bonds. The van der Waals surface area contributed by atoms with Gasteiger partial charge in [0.15, 0.2) is 17.3 Å². The van der Waals surface area contributed by atoms with E-state index in [0.29, 0.717) is 0 Å². The van der Waals surface area contributed by atoms with Gasteiger partial charge in [0, 0.05) is 6.07 Å². The highest BCUT2D eigenvalue weighted by Crippen LogP contribution is 2.26. The molecule has 1 aromatic carbocycles. The first kappa shape index (κ1) is 9.57. The van der Waals surface area contributed by atoms with Crippen molar-refractivity contribution in [1.82, 2.24) is 0 Å². The summed E-state index contributed by atoms with van der Waals surface area (Å²) >= 11 is 0. The number of aromatic hydroxyl groups is 1. The number of rotatable bonds is 1. The fourth-order valence-electron chi connectivity index (χ4n) is 0.918. The first-order valence-corrected chi connectivity index (χ1v) is 3.32. The number of ketones is 1. The Bertz CT molecular complexity index is 374. The van der Waals surface area contributed by atoms with Crippen molar-refractivity contribution in [2.45, 2.75) is 6.92 Å². The van der Waals surface area contributed by atoms with Crippen molar-refractivity contribution in [2.75, 3.05) is 0 Å². The van der Waals surface area contributed by atoms with Crippen LogP contribution in [0.1, 0.15) is 17.3 Å². The van der Waals surface area contributed by atoms with Crippen LogP contribution in [0, 0.1) is 17.5 Å². The lowest BCUT2D eigenvalue weighted by Crippen LogP contribution is -2.01. The van der Waals surface area contributed by atoms with Crippen LogP contribution in [-0.4, -0.2) is 10.9 Å². The minimum atomic E-state index is -1.62. The molecular weight excluding hydrogens is 185 g/mol. The summed E-state index contributed by atoms with van der Waals surface area (Å²) in [6, 6.07) is 0.214. The van der Waals surface area contributed by atoms with Gasteiger partial charge in [-0.15, -0.1) is 0 Å². The van der Waals surface area contributed by atoms with Gasteiger partial charge in [-0.3, -0.25) is 4.79 Å². The topological polar surface area (TPSA) is 37.3 Å². The summed E-state index contributed by atoms with van der Waals surface area (Å²) in [4.78, 5) is 10.7. The lowest BCUT2D eigenvalue weighted by Gasteiger charge is -2.03. The molecule has 0 aliphatic heterocycles. The Labute approximate surface area is 71.6 Å². The Hall–Kier alpha value is -1.52. The largest absolute Gasteiger partial charge is 0.504 e. The molecule has 0 spiro atoms. The normalized spacial score (nSPS) is 10.2. The van der Waals surface area contributed by atoms with E-state index >= 15 is 0 Å². The van der Waals surface area contributed by atoms with Crippen LogP contribution in [0.2, 0.25) is 0 Å². The van der Waals surface area contributed by atoms with Gasteiger partial charge in [-0.1, -0.05) is 0 Å². The molecule has 0 heterocycles. The summed E-state index contributed by atoms with van der Waals surface area (Å²) in [6.07, 6.45) is 0. The maximum atomic E-state index is 12.8. The highest BCUT2D eigenvalue weighted by Gasteiger charge is 2.20. The molecular formula is C8H5F3O2. The van der Waals surface area contributed by atoms with Gasteiger partial charge in [-0.05, 0) is 6.92 Å². The number of carbonyl (C=O) groups excluding carboxylic acids is 1. The van der Waals surface area contributed by atoms with Gasteiger partial charge >= 0.3 is 0 Å². The second-order valence-corrected chi connectivity index (χ2v) is 2.43. The van der Waals surface area contributed by atoms with E-state index in [-0.39, 0.29) is 6.07 Å². The average molecular weight is 190 g/mol. The number of halogens is 3. The Morgan fingerprint density at radius 3 is 2.31 bits per heavy atom. The molecule has 0 aliphatic carbocycles. The summed E-state index contributed by atoms with van der Waals surface area (Å²) in [5.74, 6) is -6.57. The van der Waals surface area contributed by atoms with Crippen LogP contribution in [0.25, 0.3) is 0 Å². The first-order chi connectivity index (χ1) is 5.95. The fraction of sp³-hybridized carbons (Fsp3) is 0.125. The maximum absolute atomic E-state index is 12.8. The Morgan fingerprint density at radius 2 is 1.85 bits per heavy atom. The maximum Gasteiger partial charge on any atom is 0.201 e. The second-order valence-electron chi connectivity index (χ2n) is 2.43. The van der Waals surface area contributed by atoms with Crippen LogP contribution < -0.4 is 0 Å². The van der Waals surface area contributed by atoms with E-state index < -0.39 is 34.5 Å². The van der Waals surface area contributed by atoms with E-state index in [1.807, 2.05) is 0 Å². The van der Waals surface area contributed by atoms with E-state index in [9.17, 15) is 18.0 Å². The zero-order valence-electron chi connectivity index (χ0n) is 6.57. The van der Waals surface area contributed by atoms with Gasteiger partial charge in [-0.25, -0.2) is 8.78 Å². The van der Waals surface area contributed by atoms with E-state index in [4.69, 9.17) is 5.11 Å². The highest BCUT2D eigenvalue weighted by atomic mass is 19.2. The molecule has 0 atom stereocenters. The van der Waals surface area contributed by atoms with Crippen LogP contribution in [0.15, 0.2) is 6.07 Å². The average Bonchev–Trinajstić information content (AvgIpc) is 1.99. The molecule has 0 saturated carbocycles. The molecule has 0 unspecified atom stereocenters. The molecule has 13 heavy (non-hydrogen) atoms. The van der Waals surface area contributed by atoms with Gasteiger partial charge < -0.3 is 5.11 Å². The van der Waals surface area contributed by atoms with Crippen molar-refractivity contribution >= 4 is 5.78 Å². The summed E-state index contributed by atoms with van der Waals surface area (Å²) < 4.78 is 37.7. The number of benzene rings is 1. The number of Topliss-reactive ketones (excluding diaryl/α,β-unsaturated/α-hetero) is 1. The van der Waals surface area contributed by atoms with Crippen molar-refractivity contribution in [3.63, 3.8) is 0 Å². The Kier molecular flexibility index (Phi) is 2.27. The number of hydrogen-bond acceptors (Lipinski definition) is 2. The zero-order chi connectivity index (χ0) is 10.2. The van der Waals surface area contributed by atoms with Gasteiger partial charge in [0.05, 0.1) is 5.56 Å². The van der Waals surface area contributed by atoms with Gasteiger partial charge in [0.25, 0.3) is 0 Å². The van der Waals surface area contributed by atoms with E-state index in [1.165, 1.54) is 0 Å². The fourth-order valence-corrected chi connectivity index (χ4v) is 0.918. The lowest BCUT2D eigenvalue weighted by molar-refractivity contribution is 0.101. The monoisotopic (exact) mass is 190 g/mol. The van der Waals surface area contributed by atoms with Crippen LogP contribution in [-0.2, 0) is 0 Å². The summed E-state index contributed by atoms with van der Waals surface area (Å²) in [5.41, 5.74) is -0.834. The standard InChI is InChI=1S/C8H5F3O2/c1-3(12)6-4(9)2-5(10)7(11)8(6)13/h2,13H,1H3. The molecule has 1 rings (SSSR count). The predicted octanol–water partition coefficient (Wildman–Crippen LogP) is 2.01. The van der Waals surface area contributed by atoms with Gasteiger partial charge in [0.2, 0.25) is 5.82 Å². The number of hydrogen-bond donors (Lipinski definition) is 1. The van der Waals surface area contributed by atoms with Crippen molar-refractivity contribution in [2.24, 2.45) is 0 Å². The molecule has 1 aromatic rings. The predicted molar refractivity (Wildman–Crippen MR) is 38.0 cm³/mol. The summed E-state index contributed by atoms with van der Waals surface area (Å²) in [6.45, 7) is 0.940. The Morgan fingerprint density at radius 1 is 1.31 bits per heavy atom. The highest BCUT2D eigenvalue weighted by molar-refractivity contribution is 5.97. The summed E-state index contributed by atoms with van der Waals surface area (Å²) in [5, 5.41) is 8.85. The molecule has 0 saturated heterocycles. The SMILES string of the molecule is CC(=O)c1c(F)cc(F)c(F)c1O. The molecule has 0 fully saturated rings. The molecule has 2 nitrogen and oxygen atoms in total. The number of phenols is 1. The van der Waals surface area contributed by atoms with Crippen LogP contribution in [0.5, 0.6) is 5.75 Å². The van der Waals surface area contributed by atoms with Crippen molar-refractivity contribution in [3.05, 3.63) is 29.1 Å². The molecule has 5 heteroatoms. The third-order valence-electron chi connectivity index (χ3n) is 1.50. The molecule has 1 N–H and O–H groups in total. The first-order valence-electron chi connectivity index (χ1n) is 3.32. The van der Waals surface area contributed by atoms with Gasteiger partial charge in [0.1, 0.15) is 5.82 Å². The van der Waals surface area contributed by atoms with Gasteiger partial charge in [-0.2, -0.15) is 4.39 Å². The molecule has 0 aliphatic rings. The van der Waals surface area contributed by atoms with Crippen molar-refractivity contribution in [3.8, 4) is 5.75 Å². The van der Waals surface area contributed by atoms with Crippen LogP contribution in [0.4, 0.5) is 13.2 Å². The van der Waals surface area contributed by atoms with Crippen LogP contribution in [0.3, 0.4) is 0 Å². The third kappa shape index (κ3) is 1.49. The van der Waals surface area contributed by atoms with Crippen molar-refractivity contribution in [1.29, 1.82) is 0 Å². The molecule has 0 radical (unpaired) electrons. The molecule has 70 valence electrons. The minimum Gasteiger partial charge on any atom is -0.504 e. The number of phenolic OH excluding ortho intramolecular Hbond substituents is 1. The van der Waals surface area contributed by atoms with Crippen molar-refractivity contribution < 1.29 is 23.1 Å². The number of carbonyl (C=O) groups is 1. The lowest BCUT2D eigenvalue weighted by atomic mass is 10.1. The second kappa shape index (κ2) is 3.08. The van der Waals surface area contributed by atoms with E-state index in [0.717, 1.165) is 6.92 Å². The molecule has 0 bridgehead atoms. The third-order valence-corrected chi connectivity index (χ3v) is 1.50. The minimum absolute atomic E-state index is 0.214. The van der Waals surface area contributed by atoms with E-state index in [2.05, 4.69) is 0 Å².